The van der Waals surface area contributed by atoms with E-state index in [2.05, 4.69) is 30.3 Å². The van der Waals surface area contributed by atoms with Crippen LogP contribution in [0.3, 0.4) is 0 Å². The summed E-state index contributed by atoms with van der Waals surface area (Å²) in [6.45, 7) is 0. The van der Waals surface area contributed by atoms with Gasteiger partial charge in [-0.15, -0.1) is 0 Å². The number of guanidine groups is 1. The molecule has 1 atom stereocenters. The molecule has 2 spiro atoms. The molecule has 144 valence electrons. The zero-order chi connectivity index (χ0) is 19.5. The van der Waals surface area contributed by atoms with Crippen LogP contribution in [0, 0.1) is 5.41 Å². The number of carbonyl (C=O) groups excluding carboxylic acids is 1. The first-order chi connectivity index (χ1) is 13.5. The smallest absolute Gasteiger partial charge is 0.262 e. The fourth-order valence-corrected chi connectivity index (χ4v) is 5.57. The van der Waals surface area contributed by atoms with Crippen LogP contribution in [-0.4, -0.2) is 30.9 Å². The number of hydrogen-bond donors (Lipinski definition) is 1. The van der Waals surface area contributed by atoms with Gasteiger partial charge in [-0.25, -0.2) is 4.99 Å². The van der Waals surface area contributed by atoms with Crippen LogP contribution in [0.4, 0.5) is 0 Å². The lowest BCUT2D eigenvalue weighted by atomic mass is 9.65. The van der Waals surface area contributed by atoms with Gasteiger partial charge in [0.1, 0.15) is 5.75 Å². The van der Waals surface area contributed by atoms with Gasteiger partial charge in [0.2, 0.25) is 0 Å². The van der Waals surface area contributed by atoms with Crippen LogP contribution >= 0.6 is 0 Å². The standard InChI is InChI=1S/C23H25N3O2/c1-26-20(27)23(25-21(26)24)19-13-18(28-2)8-7-17(19)14-22(23)11-9-15-5-3-4-6-16(15)10-12-22/h3-8,13H,9-12,14H2,1-2H3,(H2,24,25). The van der Waals surface area contributed by atoms with E-state index in [4.69, 9.17) is 15.5 Å². The highest BCUT2D eigenvalue weighted by Crippen LogP contribution is 2.61. The topological polar surface area (TPSA) is 67.9 Å². The Morgan fingerprint density at radius 2 is 1.75 bits per heavy atom. The summed E-state index contributed by atoms with van der Waals surface area (Å²) in [5.41, 5.74) is 9.90. The first-order valence-corrected chi connectivity index (χ1v) is 9.88. The summed E-state index contributed by atoms with van der Waals surface area (Å²) in [4.78, 5) is 20.1. The van der Waals surface area contributed by atoms with E-state index in [1.807, 2.05) is 12.1 Å². The highest BCUT2D eigenvalue weighted by molar-refractivity contribution is 6.08. The summed E-state index contributed by atoms with van der Waals surface area (Å²) in [5, 5.41) is 0. The van der Waals surface area contributed by atoms with Crippen LogP contribution in [0.25, 0.3) is 0 Å². The van der Waals surface area contributed by atoms with Crippen molar-refractivity contribution >= 4 is 11.9 Å². The zero-order valence-corrected chi connectivity index (χ0v) is 16.4. The number of fused-ring (bicyclic) bond motifs is 4. The molecule has 2 aromatic carbocycles. The Morgan fingerprint density at radius 3 is 2.32 bits per heavy atom. The summed E-state index contributed by atoms with van der Waals surface area (Å²) in [7, 11) is 3.38. The van der Waals surface area contributed by atoms with E-state index < -0.39 is 5.54 Å². The molecule has 5 rings (SSSR count). The van der Waals surface area contributed by atoms with Crippen molar-refractivity contribution in [2.75, 3.05) is 14.2 Å². The molecule has 1 heterocycles. The molecule has 2 aliphatic carbocycles. The lowest BCUT2D eigenvalue weighted by Gasteiger charge is -2.40. The Bertz CT molecular complexity index is 986. The number of nitrogens with zero attached hydrogens (tertiary/aromatic N) is 2. The number of rotatable bonds is 1. The van der Waals surface area contributed by atoms with Gasteiger partial charge >= 0.3 is 0 Å². The number of amides is 1. The van der Waals surface area contributed by atoms with Crippen molar-refractivity contribution < 1.29 is 9.53 Å². The third-order valence-corrected chi connectivity index (χ3v) is 7.11. The maximum absolute atomic E-state index is 13.7. The second-order valence-corrected chi connectivity index (χ2v) is 8.29. The average molecular weight is 375 g/mol. The minimum absolute atomic E-state index is 0.0111. The number of likely N-dealkylation sites (N-methyl/N-ethyl adjacent to an activating group) is 1. The van der Waals surface area contributed by atoms with Crippen LogP contribution in [0.5, 0.6) is 5.75 Å². The van der Waals surface area contributed by atoms with Crippen molar-refractivity contribution in [2.24, 2.45) is 16.1 Å². The van der Waals surface area contributed by atoms with Crippen molar-refractivity contribution in [3.8, 4) is 5.75 Å². The molecule has 2 aromatic rings. The van der Waals surface area contributed by atoms with E-state index >= 15 is 0 Å². The van der Waals surface area contributed by atoms with Gasteiger partial charge in [0.25, 0.3) is 5.91 Å². The molecule has 0 aromatic heterocycles. The molecular formula is C23H25N3O2. The highest BCUT2D eigenvalue weighted by atomic mass is 16.5. The summed E-state index contributed by atoms with van der Waals surface area (Å²) in [6.07, 6.45) is 4.58. The molecule has 1 amide bonds. The molecule has 5 heteroatoms. The summed E-state index contributed by atoms with van der Waals surface area (Å²) >= 11 is 0. The predicted molar refractivity (Wildman–Crippen MR) is 108 cm³/mol. The van der Waals surface area contributed by atoms with Crippen LogP contribution in [-0.2, 0) is 29.6 Å². The molecule has 2 N–H and O–H groups in total. The van der Waals surface area contributed by atoms with Crippen molar-refractivity contribution in [3.63, 3.8) is 0 Å². The molecule has 0 radical (unpaired) electrons. The van der Waals surface area contributed by atoms with E-state index in [0.717, 1.165) is 43.4 Å². The van der Waals surface area contributed by atoms with Gasteiger partial charge in [-0.3, -0.25) is 9.69 Å². The zero-order valence-electron chi connectivity index (χ0n) is 16.4. The van der Waals surface area contributed by atoms with Crippen molar-refractivity contribution in [1.29, 1.82) is 0 Å². The molecule has 28 heavy (non-hydrogen) atoms. The van der Waals surface area contributed by atoms with Gasteiger partial charge in [-0.1, -0.05) is 30.3 Å². The Morgan fingerprint density at radius 1 is 1.07 bits per heavy atom. The lowest BCUT2D eigenvalue weighted by molar-refractivity contribution is -0.135. The Hall–Kier alpha value is -2.82. The molecule has 1 unspecified atom stereocenters. The molecule has 0 bridgehead atoms. The number of nitrogens with two attached hydrogens (primary N) is 1. The average Bonchev–Trinajstić information content (AvgIpc) is 3.01. The van der Waals surface area contributed by atoms with Gasteiger partial charge in [-0.2, -0.15) is 0 Å². The van der Waals surface area contributed by atoms with E-state index in [1.165, 1.54) is 21.6 Å². The first-order valence-electron chi connectivity index (χ1n) is 9.88. The maximum atomic E-state index is 13.7. The maximum Gasteiger partial charge on any atom is 0.262 e. The Balaban J connectivity index is 1.70. The predicted octanol–water partition coefficient (Wildman–Crippen LogP) is 2.80. The van der Waals surface area contributed by atoms with Crippen LogP contribution in [0.2, 0.25) is 0 Å². The normalized spacial score (nSPS) is 24.9. The third kappa shape index (κ3) is 2.07. The van der Waals surface area contributed by atoms with E-state index in [1.54, 1.807) is 14.2 Å². The number of aryl methyl sites for hydroxylation is 2. The summed E-state index contributed by atoms with van der Waals surface area (Å²) < 4.78 is 5.48. The first kappa shape index (κ1) is 17.3. The molecule has 3 aliphatic rings. The number of aliphatic imine (C=N–C) groups is 1. The van der Waals surface area contributed by atoms with E-state index in [-0.39, 0.29) is 11.3 Å². The Labute approximate surface area is 165 Å². The Kier molecular flexibility index (Phi) is 3.60. The second kappa shape index (κ2) is 5.84. The second-order valence-electron chi connectivity index (χ2n) is 8.29. The monoisotopic (exact) mass is 375 g/mol. The molecule has 0 saturated heterocycles. The van der Waals surface area contributed by atoms with Gasteiger partial charge in [0, 0.05) is 12.5 Å². The van der Waals surface area contributed by atoms with Crippen LogP contribution < -0.4 is 10.5 Å². The molecule has 1 aliphatic heterocycles. The quantitative estimate of drug-likeness (QED) is 0.833. The third-order valence-electron chi connectivity index (χ3n) is 7.11. The number of methoxy groups -OCH3 is 1. The number of hydrogen-bond acceptors (Lipinski definition) is 4. The van der Waals surface area contributed by atoms with E-state index in [9.17, 15) is 4.79 Å². The number of ether oxygens (including phenoxy) is 1. The molecule has 5 nitrogen and oxygen atoms in total. The van der Waals surface area contributed by atoms with Crippen LogP contribution in [0.15, 0.2) is 47.5 Å². The van der Waals surface area contributed by atoms with Crippen molar-refractivity contribution in [2.45, 2.75) is 37.6 Å². The van der Waals surface area contributed by atoms with Gasteiger partial charge in [0.15, 0.2) is 11.5 Å². The highest BCUT2D eigenvalue weighted by Gasteiger charge is 2.65. The fraction of sp³-hybridized carbons (Fsp3) is 0.391. The fourth-order valence-electron chi connectivity index (χ4n) is 5.57. The van der Waals surface area contributed by atoms with Crippen LogP contribution in [0.1, 0.15) is 35.1 Å². The minimum atomic E-state index is -0.947. The van der Waals surface area contributed by atoms with Gasteiger partial charge < -0.3 is 10.5 Å². The summed E-state index contributed by atoms with van der Waals surface area (Å²) in [6, 6.07) is 14.7. The van der Waals surface area contributed by atoms with Gasteiger partial charge in [0.05, 0.1) is 7.11 Å². The van der Waals surface area contributed by atoms with Gasteiger partial charge in [-0.05, 0) is 66.5 Å². The lowest BCUT2D eigenvalue weighted by Crippen LogP contribution is -2.49. The number of benzene rings is 2. The molecular weight excluding hydrogens is 350 g/mol. The van der Waals surface area contributed by atoms with Crippen molar-refractivity contribution in [3.05, 3.63) is 64.7 Å². The molecule has 0 fully saturated rings. The van der Waals surface area contributed by atoms with E-state index in [0.29, 0.717) is 5.96 Å². The summed E-state index contributed by atoms with van der Waals surface area (Å²) in [5.74, 6) is 1.05. The SMILES string of the molecule is COc1ccc2c(c1)C1(N=C(N)N(C)C1=O)C1(CCc3ccccc3CC1)C2. The minimum Gasteiger partial charge on any atom is -0.497 e. The van der Waals surface area contributed by atoms with Crippen molar-refractivity contribution in [1.82, 2.24) is 4.90 Å². The largest absolute Gasteiger partial charge is 0.497 e. The molecule has 0 saturated carbocycles. The number of carbonyl (C=O) groups is 1.